The number of thiophene rings is 1. The Morgan fingerprint density at radius 2 is 1.75 bits per heavy atom. The lowest BCUT2D eigenvalue weighted by molar-refractivity contribution is -0.384. The van der Waals surface area contributed by atoms with E-state index in [1.54, 1.807) is 17.2 Å². The van der Waals surface area contributed by atoms with E-state index in [-0.39, 0.29) is 5.69 Å². The summed E-state index contributed by atoms with van der Waals surface area (Å²) in [5, 5.41) is 23.0. The second-order valence-corrected chi connectivity index (χ2v) is 10.1. The molecule has 3 heterocycles. The third kappa shape index (κ3) is 3.31. The summed E-state index contributed by atoms with van der Waals surface area (Å²) in [5.41, 5.74) is 2.56. The van der Waals surface area contributed by atoms with Gasteiger partial charge in [-0.1, -0.05) is 30.3 Å². The van der Waals surface area contributed by atoms with Crippen LogP contribution < -0.4 is 9.96 Å². The maximum absolute atomic E-state index is 13.9. The maximum Gasteiger partial charge on any atom is 0.269 e. The molecule has 36 heavy (non-hydrogen) atoms. The Balaban J connectivity index is 1.43. The quantitative estimate of drug-likeness (QED) is 0.295. The molecule has 3 aliphatic rings. The molecule has 180 valence electrons. The minimum atomic E-state index is -1.07. The number of aryl methyl sites for hydroxylation is 1. The largest absolute Gasteiger partial charge is 0.273 e. The van der Waals surface area contributed by atoms with E-state index < -0.39 is 34.8 Å². The number of anilines is 2. The summed E-state index contributed by atoms with van der Waals surface area (Å²) >= 11 is 1.35. The van der Waals surface area contributed by atoms with E-state index in [1.807, 2.05) is 30.3 Å². The number of nitro benzene ring substituents is 1. The first-order valence-electron chi connectivity index (χ1n) is 11.7. The number of nitrogens with zero attached hydrogens (tertiary/aromatic N) is 4. The average molecular weight is 501 g/mol. The summed E-state index contributed by atoms with van der Waals surface area (Å²) in [6.07, 6.45) is 2.52. The predicted octanol–water partition coefficient (Wildman–Crippen LogP) is 4.46. The molecular formula is C26H20N4O5S. The van der Waals surface area contributed by atoms with Crippen LogP contribution in [0.5, 0.6) is 0 Å². The number of nitro groups is 1. The third-order valence-corrected chi connectivity index (χ3v) is 8.32. The number of nitriles is 1. The van der Waals surface area contributed by atoms with E-state index >= 15 is 0 Å². The summed E-state index contributed by atoms with van der Waals surface area (Å²) in [6, 6.07) is 16.6. The van der Waals surface area contributed by atoms with Crippen LogP contribution in [-0.2, 0) is 27.3 Å². The number of rotatable bonds is 4. The molecule has 2 aromatic carbocycles. The first-order chi connectivity index (χ1) is 17.5. The molecule has 0 N–H and O–H groups in total. The molecule has 2 aliphatic heterocycles. The maximum atomic E-state index is 13.9. The summed E-state index contributed by atoms with van der Waals surface area (Å²) in [6.45, 7) is 0. The van der Waals surface area contributed by atoms with Crippen LogP contribution in [0, 0.1) is 27.4 Å². The number of carbonyl (C=O) groups excluding carboxylic acids is 2. The van der Waals surface area contributed by atoms with Gasteiger partial charge in [0.15, 0.2) is 6.10 Å². The number of carbonyl (C=O) groups is 2. The molecule has 9 nitrogen and oxygen atoms in total. The first-order valence-corrected chi connectivity index (χ1v) is 12.5. The Kier molecular flexibility index (Phi) is 5.32. The van der Waals surface area contributed by atoms with Crippen LogP contribution in [-0.4, -0.2) is 22.8 Å². The molecule has 6 rings (SSSR count). The highest BCUT2D eigenvalue weighted by Crippen LogP contribution is 2.50. The van der Waals surface area contributed by atoms with Gasteiger partial charge in [-0.25, -0.2) is 9.96 Å². The molecule has 0 spiro atoms. The van der Waals surface area contributed by atoms with Gasteiger partial charge >= 0.3 is 0 Å². The van der Waals surface area contributed by atoms with E-state index in [4.69, 9.17) is 4.84 Å². The molecule has 0 bridgehead atoms. The van der Waals surface area contributed by atoms with Gasteiger partial charge in [0, 0.05) is 17.0 Å². The second kappa shape index (κ2) is 8.55. The topological polar surface area (TPSA) is 117 Å². The summed E-state index contributed by atoms with van der Waals surface area (Å²) in [7, 11) is 0. The fraction of sp³-hybridized carbons (Fsp3) is 0.269. The van der Waals surface area contributed by atoms with Crippen molar-refractivity contribution in [2.75, 3.05) is 9.96 Å². The van der Waals surface area contributed by atoms with Gasteiger partial charge in [0.2, 0.25) is 5.91 Å². The highest BCUT2D eigenvalue weighted by Gasteiger charge is 2.61. The lowest BCUT2D eigenvalue weighted by Crippen LogP contribution is -2.37. The molecule has 10 heteroatoms. The number of imide groups is 1. The number of para-hydroxylation sites is 1. The Bertz CT molecular complexity index is 1430. The van der Waals surface area contributed by atoms with E-state index in [0.717, 1.165) is 41.0 Å². The zero-order chi connectivity index (χ0) is 25.0. The van der Waals surface area contributed by atoms with Crippen molar-refractivity contribution in [2.45, 2.75) is 37.8 Å². The van der Waals surface area contributed by atoms with Gasteiger partial charge in [-0.15, -0.1) is 11.3 Å². The van der Waals surface area contributed by atoms with Crippen molar-refractivity contribution in [2.24, 2.45) is 5.92 Å². The molecule has 2 fully saturated rings. The van der Waals surface area contributed by atoms with Gasteiger partial charge in [-0.05, 0) is 48.9 Å². The zero-order valence-corrected chi connectivity index (χ0v) is 19.8. The number of hydrogen-bond acceptors (Lipinski definition) is 8. The van der Waals surface area contributed by atoms with Crippen molar-refractivity contribution < 1.29 is 19.3 Å². The van der Waals surface area contributed by atoms with Crippen molar-refractivity contribution in [1.82, 2.24) is 0 Å². The lowest BCUT2D eigenvalue weighted by atomic mass is 9.90. The number of hydrogen-bond donors (Lipinski definition) is 0. The molecule has 2 amide bonds. The van der Waals surface area contributed by atoms with Crippen LogP contribution in [0.2, 0.25) is 0 Å². The van der Waals surface area contributed by atoms with E-state index in [0.29, 0.717) is 21.8 Å². The SMILES string of the molecule is N#Cc1c(N2C(=O)[C@@H]3[C@@H](ON(c4ccccc4)[C@H]3c3ccc([N+](=O)[O-])cc3)C2=O)sc2c1CCCC2. The second-order valence-electron chi connectivity index (χ2n) is 9.02. The lowest BCUT2D eigenvalue weighted by Gasteiger charge is -2.28. The van der Waals surface area contributed by atoms with Crippen LogP contribution in [0.25, 0.3) is 0 Å². The molecule has 3 aromatic rings. The van der Waals surface area contributed by atoms with Crippen LogP contribution in [0.4, 0.5) is 16.4 Å². The monoisotopic (exact) mass is 500 g/mol. The van der Waals surface area contributed by atoms with Gasteiger partial charge in [-0.3, -0.25) is 24.5 Å². The number of amides is 2. The van der Waals surface area contributed by atoms with Crippen molar-refractivity contribution in [3.63, 3.8) is 0 Å². The van der Waals surface area contributed by atoms with Crippen molar-refractivity contribution in [3.05, 3.63) is 86.3 Å². The van der Waals surface area contributed by atoms with Crippen LogP contribution >= 0.6 is 11.3 Å². The van der Waals surface area contributed by atoms with Gasteiger partial charge in [0.25, 0.3) is 11.6 Å². The van der Waals surface area contributed by atoms with E-state index in [1.165, 1.54) is 23.5 Å². The number of benzene rings is 2. The molecule has 0 radical (unpaired) electrons. The number of fused-ring (bicyclic) bond motifs is 2. The highest BCUT2D eigenvalue weighted by atomic mass is 32.1. The Labute approximate surface area is 210 Å². The van der Waals surface area contributed by atoms with Crippen molar-refractivity contribution in [3.8, 4) is 6.07 Å². The summed E-state index contributed by atoms with van der Waals surface area (Å²) in [4.78, 5) is 46.6. The molecule has 1 aliphatic carbocycles. The standard InChI is InChI=1S/C26H20N4O5S/c27-14-19-18-8-4-5-9-20(18)36-26(19)28-24(31)21-22(15-10-12-17(13-11-15)30(33)34)29(35-23(21)25(28)32)16-6-2-1-3-7-16/h1-3,6-7,10-13,21-23H,4-5,8-9H2/t21-,22-,23+/m0/s1. The molecule has 0 saturated carbocycles. The minimum Gasteiger partial charge on any atom is -0.273 e. The average Bonchev–Trinajstić information content (AvgIpc) is 3.54. The van der Waals surface area contributed by atoms with Crippen molar-refractivity contribution >= 4 is 39.5 Å². The van der Waals surface area contributed by atoms with Gasteiger partial charge in [0.1, 0.15) is 17.0 Å². The minimum absolute atomic E-state index is 0.0706. The number of non-ortho nitro benzene ring substituents is 1. The highest BCUT2D eigenvalue weighted by molar-refractivity contribution is 7.17. The van der Waals surface area contributed by atoms with E-state index in [9.17, 15) is 25.0 Å². The van der Waals surface area contributed by atoms with Crippen LogP contribution in [0.15, 0.2) is 54.6 Å². The molecule has 1 aromatic heterocycles. The summed E-state index contributed by atoms with van der Waals surface area (Å²) < 4.78 is 0. The van der Waals surface area contributed by atoms with Gasteiger partial charge < -0.3 is 0 Å². The third-order valence-electron chi connectivity index (χ3n) is 7.04. The fourth-order valence-electron chi connectivity index (χ4n) is 5.37. The smallest absolute Gasteiger partial charge is 0.269 e. The predicted molar refractivity (Wildman–Crippen MR) is 131 cm³/mol. The normalized spacial score (nSPS) is 22.9. The Hall–Kier alpha value is -4.07. The van der Waals surface area contributed by atoms with E-state index in [2.05, 4.69) is 6.07 Å². The van der Waals surface area contributed by atoms with Crippen LogP contribution in [0.1, 0.15) is 40.5 Å². The molecule has 0 unspecified atom stereocenters. The fourth-order valence-corrected chi connectivity index (χ4v) is 6.72. The zero-order valence-electron chi connectivity index (χ0n) is 19.0. The molecule has 2 saturated heterocycles. The summed E-state index contributed by atoms with van der Waals surface area (Å²) in [5.74, 6) is -1.79. The van der Waals surface area contributed by atoms with Crippen molar-refractivity contribution in [1.29, 1.82) is 5.26 Å². The first kappa shape index (κ1) is 22.4. The molecule has 3 atom stereocenters. The number of hydroxylamine groups is 1. The molecular weight excluding hydrogens is 480 g/mol. The van der Waals surface area contributed by atoms with Gasteiger partial charge in [-0.2, -0.15) is 5.26 Å². The van der Waals surface area contributed by atoms with Gasteiger partial charge in [0.05, 0.1) is 22.2 Å². The van der Waals surface area contributed by atoms with Crippen LogP contribution in [0.3, 0.4) is 0 Å². The Morgan fingerprint density at radius 1 is 1.03 bits per heavy atom. The Morgan fingerprint density at radius 3 is 2.44 bits per heavy atom.